The number of methoxy groups -OCH3 is 2. The van der Waals surface area contributed by atoms with Crippen LogP contribution in [0.15, 0.2) is 6.08 Å². The van der Waals surface area contributed by atoms with Crippen molar-refractivity contribution in [1.29, 1.82) is 0 Å². The summed E-state index contributed by atoms with van der Waals surface area (Å²) in [6.07, 6.45) is 2.18. The molecule has 1 aromatic carbocycles. The lowest BCUT2D eigenvalue weighted by Gasteiger charge is -2.12. The van der Waals surface area contributed by atoms with Gasteiger partial charge in [-0.15, -0.1) is 0 Å². The molecule has 0 radical (unpaired) electrons. The minimum Gasteiger partial charge on any atom is -0.465 e. The zero-order valence-corrected chi connectivity index (χ0v) is 10.9. The van der Waals surface area contributed by atoms with Crippen molar-refractivity contribution in [2.24, 2.45) is 0 Å². The van der Waals surface area contributed by atoms with Crippen LogP contribution in [-0.2, 0) is 9.47 Å². The summed E-state index contributed by atoms with van der Waals surface area (Å²) in [6, 6.07) is 0. The molecule has 0 amide bonds. The number of hydrogen-bond donors (Lipinski definition) is 0. The van der Waals surface area contributed by atoms with E-state index in [2.05, 4.69) is 9.47 Å². The zero-order chi connectivity index (χ0) is 15.4. The van der Waals surface area contributed by atoms with Crippen molar-refractivity contribution in [3.8, 4) is 0 Å². The van der Waals surface area contributed by atoms with E-state index in [1.165, 1.54) is 13.0 Å². The maximum atomic E-state index is 14.1. The molecule has 1 aromatic rings. The third kappa shape index (κ3) is 2.52. The van der Waals surface area contributed by atoms with Crippen LogP contribution in [0.25, 0.3) is 6.08 Å². The molecule has 1 rings (SSSR count). The normalized spacial score (nSPS) is 10.7. The fraction of sp³-hybridized carbons (Fsp3) is 0.231. The van der Waals surface area contributed by atoms with Gasteiger partial charge in [-0.3, -0.25) is 0 Å². The fourth-order valence-corrected chi connectivity index (χ4v) is 1.58. The molecular formula is C13H11F3O4. The largest absolute Gasteiger partial charge is 0.465 e. The Morgan fingerprint density at radius 1 is 0.900 bits per heavy atom. The van der Waals surface area contributed by atoms with E-state index in [0.717, 1.165) is 20.3 Å². The van der Waals surface area contributed by atoms with E-state index in [-0.39, 0.29) is 0 Å². The van der Waals surface area contributed by atoms with Gasteiger partial charge in [-0.2, -0.15) is 0 Å². The predicted octanol–water partition coefficient (Wildman–Crippen LogP) is 2.71. The highest BCUT2D eigenvalue weighted by Gasteiger charge is 2.32. The first-order chi connectivity index (χ1) is 9.40. The Bertz CT molecular complexity index is 594. The Kier molecular flexibility index (Phi) is 4.90. The van der Waals surface area contributed by atoms with Crippen LogP contribution in [-0.4, -0.2) is 26.2 Å². The van der Waals surface area contributed by atoms with Crippen LogP contribution in [0, 0.1) is 17.5 Å². The maximum Gasteiger partial charge on any atom is 0.341 e. The quantitative estimate of drug-likeness (QED) is 0.634. The molecule has 0 saturated heterocycles. The maximum absolute atomic E-state index is 14.1. The summed E-state index contributed by atoms with van der Waals surface area (Å²) < 4.78 is 50.2. The molecule has 4 nitrogen and oxygen atoms in total. The summed E-state index contributed by atoms with van der Waals surface area (Å²) in [7, 11) is 1.80. The summed E-state index contributed by atoms with van der Waals surface area (Å²) in [5.74, 6) is -7.35. The van der Waals surface area contributed by atoms with E-state index in [1.807, 2.05) is 0 Å². The average Bonchev–Trinajstić information content (AvgIpc) is 2.45. The highest BCUT2D eigenvalue weighted by Crippen LogP contribution is 2.27. The third-order valence-corrected chi connectivity index (χ3v) is 2.47. The number of esters is 2. The van der Waals surface area contributed by atoms with Crippen molar-refractivity contribution in [3.05, 3.63) is 40.2 Å². The minimum absolute atomic E-state index is 0.780. The Labute approximate surface area is 112 Å². The van der Waals surface area contributed by atoms with Crippen LogP contribution in [0.4, 0.5) is 13.2 Å². The van der Waals surface area contributed by atoms with Crippen molar-refractivity contribution in [1.82, 2.24) is 0 Å². The SMILES string of the molecule is C/C=C/c1c(F)c(F)c(C(=O)OC)c(C(=O)OC)c1F. The number of carbonyl (C=O) groups excluding carboxylic acids is 2. The van der Waals surface area contributed by atoms with Crippen LogP contribution in [0.1, 0.15) is 33.2 Å². The smallest absolute Gasteiger partial charge is 0.341 e. The molecule has 0 N–H and O–H groups in total. The van der Waals surface area contributed by atoms with Crippen LogP contribution in [0.2, 0.25) is 0 Å². The van der Waals surface area contributed by atoms with Crippen molar-refractivity contribution in [2.45, 2.75) is 6.92 Å². The van der Waals surface area contributed by atoms with E-state index in [4.69, 9.17) is 0 Å². The lowest BCUT2D eigenvalue weighted by atomic mass is 10.0. The van der Waals surface area contributed by atoms with Crippen LogP contribution >= 0.6 is 0 Å². The van der Waals surface area contributed by atoms with Gasteiger partial charge in [0.05, 0.1) is 14.2 Å². The molecule has 0 fully saturated rings. The van der Waals surface area contributed by atoms with Crippen LogP contribution in [0.3, 0.4) is 0 Å². The second-order valence-electron chi connectivity index (χ2n) is 3.59. The molecule has 0 atom stereocenters. The first-order valence-electron chi connectivity index (χ1n) is 5.40. The van der Waals surface area contributed by atoms with Gasteiger partial charge in [0.25, 0.3) is 0 Å². The lowest BCUT2D eigenvalue weighted by molar-refractivity contribution is 0.0544. The molecule has 0 spiro atoms. The van der Waals surface area contributed by atoms with Crippen molar-refractivity contribution >= 4 is 18.0 Å². The van der Waals surface area contributed by atoms with Gasteiger partial charge in [0.15, 0.2) is 11.6 Å². The van der Waals surface area contributed by atoms with E-state index < -0.39 is 46.1 Å². The summed E-state index contributed by atoms with van der Waals surface area (Å²) in [6.45, 7) is 1.45. The van der Waals surface area contributed by atoms with E-state index >= 15 is 0 Å². The van der Waals surface area contributed by atoms with Gasteiger partial charge in [-0.1, -0.05) is 12.2 Å². The number of hydrogen-bond acceptors (Lipinski definition) is 4. The standard InChI is InChI=1S/C13H11F3O4/c1-4-5-6-9(14)7(12(17)19-2)8(13(18)20-3)11(16)10(6)15/h4-5H,1-3H3/b5-4+. The molecule has 0 saturated carbocycles. The van der Waals surface area contributed by atoms with Crippen molar-refractivity contribution in [3.63, 3.8) is 0 Å². The van der Waals surface area contributed by atoms with Crippen LogP contribution < -0.4 is 0 Å². The number of benzene rings is 1. The Morgan fingerprint density at radius 2 is 1.35 bits per heavy atom. The van der Waals surface area contributed by atoms with Gasteiger partial charge >= 0.3 is 11.9 Å². The van der Waals surface area contributed by atoms with Gasteiger partial charge in [-0.05, 0) is 6.92 Å². The summed E-state index contributed by atoms with van der Waals surface area (Å²) >= 11 is 0. The molecule has 108 valence electrons. The predicted molar refractivity (Wildman–Crippen MR) is 63.7 cm³/mol. The molecule has 20 heavy (non-hydrogen) atoms. The molecule has 0 aliphatic heterocycles. The number of ether oxygens (including phenoxy) is 2. The van der Waals surface area contributed by atoms with Gasteiger partial charge in [-0.25, -0.2) is 22.8 Å². The molecule has 0 bridgehead atoms. The van der Waals surface area contributed by atoms with E-state index in [1.54, 1.807) is 0 Å². The fourth-order valence-electron chi connectivity index (χ4n) is 1.58. The van der Waals surface area contributed by atoms with E-state index in [9.17, 15) is 22.8 Å². The minimum atomic E-state index is -1.67. The lowest BCUT2D eigenvalue weighted by Crippen LogP contribution is -2.19. The molecule has 0 aliphatic carbocycles. The summed E-state index contributed by atoms with van der Waals surface area (Å²) in [5.41, 5.74) is -2.92. The van der Waals surface area contributed by atoms with Gasteiger partial charge in [0.1, 0.15) is 16.9 Å². The van der Waals surface area contributed by atoms with Crippen LogP contribution in [0.5, 0.6) is 0 Å². The van der Waals surface area contributed by atoms with Crippen molar-refractivity contribution in [2.75, 3.05) is 14.2 Å². The Hall–Kier alpha value is -2.31. The second kappa shape index (κ2) is 6.23. The number of allylic oxidation sites excluding steroid dienone is 1. The number of rotatable bonds is 3. The monoisotopic (exact) mass is 288 g/mol. The number of carbonyl (C=O) groups is 2. The zero-order valence-electron chi connectivity index (χ0n) is 10.9. The highest BCUT2D eigenvalue weighted by atomic mass is 19.2. The molecule has 0 aromatic heterocycles. The average molecular weight is 288 g/mol. The molecular weight excluding hydrogens is 277 g/mol. The molecule has 0 heterocycles. The molecule has 0 unspecified atom stereocenters. The first-order valence-corrected chi connectivity index (χ1v) is 5.40. The van der Waals surface area contributed by atoms with Gasteiger partial charge in [0, 0.05) is 5.56 Å². The summed E-state index contributed by atoms with van der Waals surface area (Å²) in [5, 5.41) is 0. The van der Waals surface area contributed by atoms with Gasteiger partial charge in [0.2, 0.25) is 0 Å². The molecule has 0 aliphatic rings. The highest BCUT2D eigenvalue weighted by molar-refractivity contribution is 6.04. The summed E-state index contributed by atoms with van der Waals surface area (Å²) in [4.78, 5) is 22.9. The van der Waals surface area contributed by atoms with Gasteiger partial charge < -0.3 is 9.47 Å². The van der Waals surface area contributed by atoms with Crippen molar-refractivity contribution < 1.29 is 32.2 Å². The first kappa shape index (κ1) is 15.7. The number of halogens is 3. The second-order valence-corrected chi connectivity index (χ2v) is 3.59. The Morgan fingerprint density at radius 3 is 1.75 bits per heavy atom. The Balaban J connectivity index is 3.84. The third-order valence-electron chi connectivity index (χ3n) is 2.47. The molecule has 7 heteroatoms. The topological polar surface area (TPSA) is 52.6 Å². The van der Waals surface area contributed by atoms with E-state index in [0.29, 0.717) is 0 Å².